The predicted octanol–water partition coefficient (Wildman–Crippen LogP) is 1.42. The molecule has 5 N–H and O–H groups in total. The van der Waals surface area contributed by atoms with Crippen molar-refractivity contribution in [2.45, 2.75) is 19.9 Å². The van der Waals surface area contributed by atoms with E-state index >= 15 is 0 Å². The van der Waals surface area contributed by atoms with E-state index in [1.807, 2.05) is 25.1 Å². The average molecular weight is 370 g/mol. The highest BCUT2D eigenvalue weighted by Crippen LogP contribution is 2.18. The van der Waals surface area contributed by atoms with Crippen molar-refractivity contribution < 1.29 is 9.53 Å². The summed E-state index contributed by atoms with van der Waals surface area (Å²) in [5.41, 5.74) is 6.86. The summed E-state index contributed by atoms with van der Waals surface area (Å²) in [5, 5.41) is 10.9. The first-order valence-electron chi connectivity index (χ1n) is 8.75. The third-order valence-corrected chi connectivity index (χ3v) is 4.04. The monoisotopic (exact) mass is 370 g/mol. The molecule has 0 atom stereocenters. The van der Waals surface area contributed by atoms with Crippen LogP contribution >= 0.6 is 0 Å². The van der Waals surface area contributed by atoms with E-state index in [0.717, 1.165) is 22.6 Å². The lowest BCUT2D eigenvalue weighted by atomic mass is 10.2. The van der Waals surface area contributed by atoms with Crippen molar-refractivity contribution in [3.05, 3.63) is 53.4 Å². The maximum Gasteiger partial charge on any atom is 0.255 e. The highest BCUT2D eigenvalue weighted by atomic mass is 16.5. The molecule has 2 heterocycles. The van der Waals surface area contributed by atoms with Crippen LogP contribution in [0.3, 0.4) is 0 Å². The Morgan fingerprint density at radius 3 is 2.85 bits per heavy atom. The minimum Gasteiger partial charge on any atom is -0.497 e. The highest BCUT2D eigenvalue weighted by Gasteiger charge is 2.10. The number of hydrogen-bond acceptors (Lipinski definition) is 5. The van der Waals surface area contributed by atoms with Crippen LogP contribution in [-0.2, 0) is 13.0 Å². The topological polar surface area (TPSA) is 122 Å². The van der Waals surface area contributed by atoms with Crippen LogP contribution in [0, 0.1) is 5.41 Å². The number of carbonyl (C=O) groups is 1. The molecule has 27 heavy (non-hydrogen) atoms. The fraction of sp³-hybridized carbons (Fsp3) is 0.316. The van der Waals surface area contributed by atoms with E-state index in [1.165, 1.54) is 7.05 Å². The molecule has 0 bridgehead atoms. The third kappa shape index (κ3) is 4.73. The number of ether oxygens (including phenoxy) is 1. The lowest BCUT2D eigenvalue weighted by Crippen LogP contribution is -2.33. The Morgan fingerprint density at radius 2 is 2.15 bits per heavy atom. The molecule has 0 fully saturated rings. The van der Waals surface area contributed by atoms with E-state index in [9.17, 15) is 4.79 Å². The molecule has 3 rings (SSSR count). The summed E-state index contributed by atoms with van der Waals surface area (Å²) in [6, 6.07) is 9.10. The van der Waals surface area contributed by atoms with Gasteiger partial charge in [-0.3, -0.25) is 10.2 Å². The predicted molar refractivity (Wildman–Crippen MR) is 105 cm³/mol. The summed E-state index contributed by atoms with van der Waals surface area (Å²) in [4.78, 5) is 20.0. The van der Waals surface area contributed by atoms with Crippen molar-refractivity contribution >= 4 is 16.9 Å². The molecular formula is C19H26N6O2. The van der Waals surface area contributed by atoms with Gasteiger partial charge in [0, 0.05) is 31.8 Å². The molecule has 144 valence electrons. The Labute approximate surface area is 157 Å². The Bertz CT molecular complexity index is 960. The van der Waals surface area contributed by atoms with Crippen LogP contribution in [0.15, 0.2) is 36.5 Å². The van der Waals surface area contributed by atoms with Gasteiger partial charge >= 0.3 is 0 Å². The van der Waals surface area contributed by atoms with E-state index in [0.29, 0.717) is 25.1 Å². The minimum atomic E-state index is -0.245. The molecule has 0 aliphatic rings. The van der Waals surface area contributed by atoms with Crippen molar-refractivity contribution in [1.29, 1.82) is 5.41 Å². The van der Waals surface area contributed by atoms with Crippen LogP contribution in [0.25, 0.3) is 11.0 Å². The molecule has 2 aromatic heterocycles. The summed E-state index contributed by atoms with van der Waals surface area (Å²) in [6.07, 6.45) is 2.37. The standard InChI is InChI=1S/C18H21N5O2.CH5N/c1-3-23-10-4-5-13(17(23)19)18(24)20-9-8-16-21-14-7-6-12(25-2)11-15(14)22-16;1-2/h4-7,10-11,19H,3,8-9H2,1-2H3,(H,20,24)(H,21,22);2H2,1H3. The van der Waals surface area contributed by atoms with Crippen LogP contribution in [-0.4, -0.2) is 41.1 Å². The number of nitrogens with one attached hydrogen (secondary N) is 3. The number of H-pyrrole nitrogens is 1. The van der Waals surface area contributed by atoms with E-state index < -0.39 is 0 Å². The summed E-state index contributed by atoms with van der Waals surface area (Å²) < 4.78 is 6.92. The second-order valence-electron chi connectivity index (χ2n) is 5.63. The quantitative estimate of drug-likeness (QED) is 0.524. The molecule has 0 aliphatic carbocycles. The van der Waals surface area contributed by atoms with Crippen molar-refractivity contribution in [3.8, 4) is 5.75 Å². The lowest BCUT2D eigenvalue weighted by molar-refractivity contribution is 0.0951. The van der Waals surface area contributed by atoms with Gasteiger partial charge in [-0.15, -0.1) is 0 Å². The molecule has 8 heteroatoms. The SMILES string of the molecule is CCn1cccc(C(=O)NCCc2nc3ccc(OC)cc3[nH]2)c1=N.CN. The van der Waals surface area contributed by atoms with E-state index in [-0.39, 0.29) is 11.4 Å². The Hall–Kier alpha value is -3.13. The van der Waals surface area contributed by atoms with Gasteiger partial charge in [-0.05, 0) is 38.2 Å². The number of methoxy groups -OCH3 is 1. The highest BCUT2D eigenvalue weighted by molar-refractivity contribution is 5.93. The average Bonchev–Trinajstić information content (AvgIpc) is 3.11. The number of fused-ring (bicyclic) bond motifs is 1. The number of benzene rings is 1. The van der Waals surface area contributed by atoms with Crippen LogP contribution in [0.5, 0.6) is 5.75 Å². The van der Waals surface area contributed by atoms with Gasteiger partial charge in [0.05, 0.1) is 23.7 Å². The zero-order chi connectivity index (χ0) is 19.8. The molecule has 8 nitrogen and oxygen atoms in total. The molecule has 0 unspecified atom stereocenters. The van der Waals surface area contributed by atoms with Gasteiger partial charge in [-0.2, -0.15) is 0 Å². The molecule has 0 radical (unpaired) electrons. The lowest BCUT2D eigenvalue weighted by Gasteiger charge is -2.08. The van der Waals surface area contributed by atoms with E-state index in [1.54, 1.807) is 30.0 Å². The van der Waals surface area contributed by atoms with Gasteiger partial charge in [0.15, 0.2) is 0 Å². The number of nitrogens with zero attached hydrogens (tertiary/aromatic N) is 2. The van der Waals surface area contributed by atoms with Gasteiger partial charge in [0.1, 0.15) is 17.1 Å². The molecule has 1 aromatic carbocycles. The molecule has 0 saturated heterocycles. The fourth-order valence-corrected chi connectivity index (χ4v) is 2.67. The number of nitrogens with two attached hydrogens (primary N) is 1. The van der Waals surface area contributed by atoms with Gasteiger partial charge in [-0.1, -0.05) is 0 Å². The van der Waals surface area contributed by atoms with Crippen molar-refractivity contribution in [2.24, 2.45) is 5.73 Å². The number of imidazole rings is 1. The van der Waals surface area contributed by atoms with Crippen LogP contribution in [0.2, 0.25) is 0 Å². The molecule has 0 saturated carbocycles. The molecule has 0 aliphatic heterocycles. The van der Waals surface area contributed by atoms with Gasteiger partial charge in [0.25, 0.3) is 5.91 Å². The summed E-state index contributed by atoms with van der Waals surface area (Å²) in [7, 11) is 3.13. The summed E-state index contributed by atoms with van der Waals surface area (Å²) in [6.45, 7) is 3.04. The maximum absolute atomic E-state index is 12.3. The zero-order valence-electron chi connectivity index (χ0n) is 15.9. The first-order valence-corrected chi connectivity index (χ1v) is 8.75. The van der Waals surface area contributed by atoms with Crippen LogP contribution in [0.1, 0.15) is 23.1 Å². The normalized spacial score (nSPS) is 10.2. The summed E-state index contributed by atoms with van der Waals surface area (Å²) in [5.74, 6) is 1.32. The maximum atomic E-state index is 12.3. The molecular weight excluding hydrogens is 344 g/mol. The zero-order valence-corrected chi connectivity index (χ0v) is 15.9. The smallest absolute Gasteiger partial charge is 0.255 e. The number of carbonyl (C=O) groups excluding carboxylic acids is 1. The largest absolute Gasteiger partial charge is 0.497 e. The summed E-state index contributed by atoms with van der Waals surface area (Å²) >= 11 is 0. The van der Waals surface area contributed by atoms with E-state index in [4.69, 9.17) is 10.1 Å². The number of pyridine rings is 1. The Morgan fingerprint density at radius 1 is 1.37 bits per heavy atom. The number of rotatable bonds is 6. The second-order valence-corrected chi connectivity index (χ2v) is 5.63. The number of aryl methyl sites for hydroxylation is 1. The van der Waals surface area contributed by atoms with E-state index in [2.05, 4.69) is 21.0 Å². The number of aromatic nitrogens is 3. The molecule has 1 amide bonds. The number of aromatic amines is 1. The van der Waals surface area contributed by atoms with Crippen LogP contribution < -0.4 is 21.3 Å². The third-order valence-electron chi connectivity index (χ3n) is 4.04. The number of amides is 1. The van der Waals surface area contributed by atoms with Crippen molar-refractivity contribution in [2.75, 3.05) is 20.7 Å². The van der Waals surface area contributed by atoms with Crippen molar-refractivity contribution in [3.63, 3.8) is 0 Å². The number of hydrogen-bond donors (Lipinski definition) is 4. The van der Waals surface area contributed by atoms with Crippen molar-refractivity contribution in [1.82, 2.24) is 19.9 Å². The first-order chi connectivity index (χ1) is 13.1. The Kier molecular flexibility index (Phi) is 7.13. The minimum absolute atomic E-state index is 0.221. The van der Waals surface area contributed by atoms with Gasteiger partial charge in [-0.25, -0.2) is 4.98 Å². The van der Waals surface area contributed by atoms with Gasteiger partial charge < -0.3 is 25.3 Å². The van der Waals surface area contributed by atoms with Gasteiger partial charge in [0.2, 0.25) is 0 Å². The van der Waals surface area contributed by atoms with Crippen LogP contribution in [0.4, 0.5) is 0 Å². The fourth-order valence-electron chi connectivity index (χ4n) is 2.67. The second kappa shape index (κ2) is 9.54. The Balaban J connectivity index is 0.00000126. The molecule has 3 aromatic rings. The first kappa shape index (κ1) is 20.2. The molecule has 0 spiro atoms.